The van der Waals surface area contributed by atoms with Crippen LogP contribution in [0.2, 0.25) is 0 Å². The normalized spacial score (nSPS) is 23.3. The maximum atomic E-state index is 5.06. The van der Waals surface area contributed by atoms with E-state index in [1.54, 1.807) is 0 Å². The minimum Gasteiger partial charge on any atom is -0.381 e. The first kappa shape index (κ1) is 25.0. The van der Waals surface area contributed by atoms with Crippen molar-refractivity contribution in [2.75, 3.05) is 33.4 Å². The Hall–Kier alpha value is -0.0800. The van der Waals surface area contributed by atoms with E-state index in [1.165, 1.54) is 45.2 Å². The van der Waals surface area contributed by atoms with E-state index in [1.807, 2.05) is 0 Å². The molecule has 2 heteroatoms. The highest BCUT2D eigenvalue weighted by atomic mass is 16.5. The first-order valence-electron chi connectivity index (χ1n) is 11.5. The summed E-state index contributed by atoms with van der Waals surface area (Å²) in [6, 6.07) is 0. The number of nitrogens with zero attached hydrogens (tertiary/aromatic N) is 1. The number of likely N-dealkylation sites (tertiary alicyclic amines) is 1. The molecule has 0 radical (unpaired) electrons. The Kier molecular flexibility index (Phi) is 9.34. The average Bonchev–Trinajstić information content (AvgIpc) is 2.41. The third kappa shape index (κ3) is 9.31. The Morgan fingerprint density at radius 3 is 1.15 bits per heavy atom. The lowest BCUT2D eigenvalue weighted by Crippen LogP contribution is -2.49. The zero-order valence-corrected chi connectivity index (χ0v) is 20.5. The van der Waals surface area contributed by atoms with Crippen LogP contribution in [0.3, 0.4) is 0 Å². The van der Waals surface area contributed by atoms with Gasteiger partial charge in [-0.15, -0.1) is 0 Å². The van der Waals surface area contributed by atoms with Crippen molar-refractivity contribution in [3.63, 3.8) is 0 Å². The zero-order chi connectivity index (χ0) is 20.9. The van der Waals surface area contributed by atoms with Crippen molar-refractivity contribution in [3.05, 3.63) is 0 Å². The molecule has 3 fully saturated rings. The van der Waals surface area contributed by atoms with E-state index in [2.05, 4.69) is 74.3 Å². The highest BCUT2D eigenvalue weighted by Crippen LogP contribution is 2.37. The minimum absolute atomic E-state index is 0.470. The van der Waals surface area contributed by atoms with Crippen molar-refractivity contribution in [3.8, 4) is 0 Å². The fraction of sp³-hybridized carbons (Fsp3) is 1.00. The largest absolute Gasteiger partial charge is 0.381 e. The van der Waals surface area contributed by atoms with Crippen LogP contribution >= 0.6 is 0 Å². The van der Waals surface area contributed by atoms with Crippen molar-refractivity contribution in [1.29, 1.82) is 0 Å². The van der Waals surface area contributed by atoms with Crippen LogP contribution < -0.4 is 0 Å². The van der Waals surface area contributed by atoms with Gasteiger partial charge < -0.3 is 9.64 Å². The van der Waals surface area contributed by atoms with Gasteiger partial charge in [0.15, 0.2) is 0 Å². The average molecular weight is 382 g/mol. The fourth-order valence-corrected chi connectivity index (χ4v) is 3.95. The molecule has 0 N–H and O–H groups in total. The zero-order valence-electron chi connectivity index (χ0n) is 20.5. The summed E-state index contributed by atoms with van der Waals surface area (Å²) >= 11 is 0. The van der Waals surface area contributed by atoms with Gasteiger partial charge in [-0.25, -0.2) is 0 Å². The molecule has 0 amide bonds. The van der Waals surface area contributed by atoms with Crippen LogP contribution in [0, 0.1) is 34.0 Å². The molecule has 0 bridgehead atoms. The van der Waals surface area contributed by atoms with E-state index < -0.39 is 0 Å². The third-order valence-corrected chi connectivity index (χ3v) is 6.98. The number of hydrogen-bond acceptors (Lipinski definition) is 2. The number of ether oxygens (including phenoxy) is 1. The molecule has 0 atom stereocenters. The second-order valence-corrected chi connectivity index (χ2v) is 12.6. The topological polar surface area (TPSA) is 12.5 Å². The van der Waals surface area contributed by atoms with E-state index >= 15 is 0 Å². The summed E-state index contributed by atoms with van der Waals surface area (Å²) in [6.45, 7) is 25.4. The standard InChI is InChI=1S/C10H20.C8H17N.C7H14O/c1-10(2,3)9-7-5-4-6-8-9;1-8(2,3)7-5-9(4)6-7;1-7(2,3)6-4-8-5-6/h9H,4-8H2,1-3H3;7H,5-6H2,1-4H3;6H,4-5H2,1-3H3. The summed E-state index contributed by atoms with van der Waals surface area (Å²) in [6.07, 6.45) is 7.38. The minimum atomic E-state index is 0.470. The smallest absolute Gasteiger partial charge is 0.0521 e. The van der Waals surface area contributed by atoms with Gasteiger partial charge in [-0.2, -0.15) is 0 Å². The summed E-state index contributed by atoms with van der Waals surface area (Å²) in [4.78, 5) is 2.37. The molecular weight excluding hydrogens is 330 g/mol. The molecule has 2 saturated heterocycles. The second kappa shape index (κ2) is 10.1. The SMILES string of the molecule is CC(C)(C)C1CCCCC1.CC(C)(C)C1COC1.CN1CC(C(C)(C)C)C1. The highest BCUT2D eigenvalue weighted by Gasteiger charge is 2.33. The van der Waals surface area contributed by atoms with E-state index in [4.69, 9.17) is 4.74 Å². The maximum Gasteiger partial charge on any atom is 0.0521 e. The molecular formula is C25H51NO. The van der Waals surface area contributed by atoms with E-state index in [0.717, 1.165) is 31.0 Å². The van der Waals surface area contributed by atoms with Crippen molar-refractivity contribution < 1.29 is 4.74 Å². The molecule has 2 heterocycles. The van der Waals surface area contributed by atoms with Crippen LogP contribution in [0.1, 0.15) is 94.4 Å². The predicted octanol–water partition coefficient (Wildman–Crippen LogP) is 6.89. The van der Waals surface area contributed by atoms with E-state index in [9.17, 15) is 0 Å². The van der Waals surface area contributed by atoms with Gasteiger partial charge in [-0.1, -0.05) is 81.6 Å². The summed E-state index contributed by atoms with van der Waals surface area (Å²) in [5.41, 5.74) is 1.57. The Balaban J connectivity index is 0.000000204. The van der Waals surface area contributed by atoms with Gasteiger partial charge in [0, 0.05) is 19.0 Å². The van der Waals surface area contributed by atoms with Crippen molar-refractivity contribution in [2.45, 2.75) is 94.4 Å². The summed E-state index contributed by atoms with van der Waals surface area (Å²) in [7, 11) is 2.18. The number of hydrogen-bond donors (Lipinski definition) is 0. The van der Waals surface area contributed by atoms with Gasteiger partial charge >= 0.3 is 0 Å². The van der Waals surface area contributed by atoms with Gasteiger partial charge in [-0.3, -0.25) is 0 Å². The molecule has 3 aliphatic rings. The molecule has 0 aromatic heterocycles. The molecule has 162 valence electrons. The predicted molar refractivity (Wildman–Crippen MR) is 120 cm³/mol. The number of rotatable bonds is 0. The molecule has 0 unspecified atom stereocenters. The van der Waals surface area contributed by atoms with Crippen LogP contribution in [0.15, 0.2) is 0 Å². The molecule has 0 aromatic carbocycles. The monoisotopic (exact) mass is 381 g/mol. The third-order valence-electron chi connectivity index (χ3n) is 6.98. The van der Waals surface area contributed by atoms with Crippen molar-refractivity contribution in [2.24, 2.45) is 34.0 Å². The van der Waals surface area contributed by atoms with Crippen LogP contribution in [0.4, 0.5) is 0 Å². The Labute approximate surface area is 171 Å². The summed E-state index contributed by atoms with van der Waals surface area (Å²) in [5.74, 6) is 2.74. The lowest BCUT2D eigenvalue weighted by atomic mass is 9.72. The van der Waals surface area contributed by atoms with Crippen molar-refractivity contribution in [1.82, 2.24) is 4.90 Å². The van der Waals surface area contributed by atoms with Gasteiger partial charge in [0.05, 0.1) is 13.2 Å². The lowest BCUT2D eigenvalue weighted by molar-refractivity contribution is -0.0821. The van der Waals surface area contributed by atoms with Gasteiger partial charge in [-0.05, 0) is 48.0 Å². The van der Waals surface area contributed by atoms with E-state index in [0.29, 0.717) is 16.2 Å². The second-order valence-electron chi connectivity index (χ2n) is 12.6. The molecule has 2 aliphatic heterocycles. The molecule has 2 nitrogen and oxygen atoms in total. The maximum absolute atomic E-state index is 5.06. The fourth-order valence-electron chi connectivity index (χ4n) is 3.95. The Bertz CT molecular complexity index is 394. The van der Waals surface area contributed by atoms with Crippen molar-refractivity contribution >= 4 is 0 Å². The van der Waals surface area contributed by atoms with Crippen LogP contribution in [-0.4, -0.2) is 38.3 Å². The Morgan fingerprint density at radius 1 is 0.593 bits per heavy atom. The van der Waals surface area contributed by atoms with Gasteiger partial charge in [0.1, 0.15) is 0 Å². The quantitative estimate of drug-likeness (QED) is 0.453. The molecule has 0 spiro atoms. The van der Waals surface area contributed by atoms with Crippen LogP contribution in [0.25, 0.3) is 0 Å². The highest BCUT2D eigenvalue weighted by molar-refractivity contribution is 4.85. The molecule has 27 heavy (non-hydrogen) atoms. The Morgan fingerprint density at radius 2 is 1.00 bits per heavy atom. The van der Waals surface area contributed by atoms with Gasteiger partial charge in [0.2, 0.25) is 0 Å². The molecule has 1 aliphatic carbocycles. The first-order chi connectivity index (χ1) is 12.2. The van der Waals surface area contributed by atoms with Crippen LogP contribution in [0.5, 0.6) is 0 Å². The summed E-state index contributed by atoms with van der Waals surface area (Å²) in [5, 5.41) is 0. The van der Waals surface area contributed by atoms with Crippen LogP contribution in [-0.2, 0) is 4.74 Å². The molecule has 1 saturated carbocycles. The summed E-state index contributed by atoms with van der Waals surface area (Å²) < 4.78 is 5.06. The molecule has 3 rings (SSSR count). The first-order valence-corrected chi connectivity index (χ1v) is 11.5. The van der Waals surface area contributed by atoms with E-state index in [-0.39, 0.29) is 0 Å². The van der Waals surface area contributed by atoms with Gasteiger partial charge in [0.25, 0.3) is 0 Å². The molecule has 0 aromatic rings. The lowest BCUT2D eigenvalue weighted by Gasteiger charge is -2.44.